The fourth-order valence-corrected chi connectivity index (χ4v) is 6.80. The van der Waals surface area contributed by atoms with Gasteiger partial charge in [0, 0.05) is 23.8 Å². The number of nitrogen functional groups attached to an aromatic ring is 1. The molecule has 3 aromatic carbocycles. The number of halogens is 4. The molecule has 1 saturated heterocycles. The lowest BCUT2D eigenvalue weighted by Crippen LogP contribution is -2.49. The van der Waals surface area contributed by atoms with E-state index in [1.54, 1.807) is 59.5 Å². The molecule has 3 N–H and O–H groups in total. The Morgan fingerprint density at radius 2 is 1.72 bits per heavy atom. The fraction of sp³-hybridized carbons (Fsp3) is 0.240. The molecule has 4 rings (SSSR count). The number of nitrogens with two attached hydrogens (primary N) is 1. The molecule has 1 aliphatic rings. The van der Waals surface area contributed by atoms with Crippen LogP contribution in [0, 0.1) is 0 Å². The van der Waals surface area contributed by atoms with Gasteiger partial charge in [0.1, 0.15) is 0 Å². The first-order valence-corrected chi connectivity index (χ1v) is 13.8. The third-order valence-electron chi connectivity index (χ3n) is 5.93. The summed E-state index contributed by atoms with van der Waals surface area (Å²) in [6.07, 6.45) is -4.36. The van der Waals surface area contributed by atoms with Crippen molar-refractivity contribution in [3.63, 3.8) is 0 Å². The molecule has 190 valence electrons. The molecule has 2 atom stereocenters. The zero-order chi connectivity index (χ0) is 26.1. The van der Waals surface area contributed by atoms with Crippen LogP contribution in [0.2, 0.25) is 0 Å². The van der Waals surface area contributed by atoms with Crippen LogP contribution < -0.4 is 10.5 Å². The summed E-state index contributed by atoms with van der Waals surface area (Å²) >= 11 is 2.04. The highest BCUT2D eigenvalue weighted by Gasteiger charge is 2.39. The molecular formula is C25H23F3IN3O3S. The van der Waals surface area contributed by atoms with E-state index in [-0.39, 0.29) is 34.9 Å². The Hall–Kier alpha value is -2.64. The number of carbonyl (C=O) groups is 1. The van der Waals surface area contributed by atoms with Gasteiger partial charge in [-0.3, -0.25) is 4.79 Å². The van der Waals surface area contributed by atoms with E-state index < -0.39 is 32.7 Å². The Balaban J connectivity index is 1.53. The van der Waals surface area contributed by atoms with Crippen LogP contribution in [0.3, 0.4) is 0 Å². The summed E-state index contributed by atoms with van der Waals surface area (Å²) < 4.78 is 69.9. The Bertz CT molecular complexity index is 1370. The zero-order valence-corrected chi connectivity index (χ0v) is 21.8. The van der Waals surface area contributed by atoms with Gasteiger partial charge in [-0.15, -0.1) is 0 Å². The number of alkyl halides is 4. The summed E-state index contributed by atoms with van der Waals surface area (Å²) in [4.78, 5) is 13.7. The third-order valence-corrected chi connectivity index (χ3v) is 8.69. The van der Waals surface area contributed by atoms with Crippen molar-refractivity contribution in [1.82, 2.24) is 9.62 Å². The molecule has 36 heavy (non-hydrogen) atoms. The number of anilines is 1. The van der Waals surface area contributed by atoms with Gasteiger partial charge in [-0.1, -0.05) is 65.1 Å². The van der Waals surface area contributed by atoms with Crippen LogP contribution in [-0.2, 0) is 16.2 Å². The van der Waals surface area contributed by atoms with Crippen LogP contribution in [0.25, 0.3) is 11.1 Å². The molecule has 0 radical (unpaired) electrons. The van der Waals surface area contributed by atoms with Crippen molar-refractivity contribution in [2.45, 2.75) is 34.0 Å². The van der Waals surface area contributed by atoms with Gasteiger partial charge in [0.05, 0.1) is 14.5 Å². The van der Waals surface area contributed by atoms with Gasteiger partial charge in [-0.2, -0.15) is 13.2 Å². The van der Waals surface area contributed by atoms with Crippen molar-refractivity contribution >= 4 is 44.2 Å². The lowest BCUT2D eigenvalue weighted by Gasteiger charge is -2.37. The van der Waals surface area contributed by atoms with Crippen LogP contribution in [0.15, 0.2) is 77.7 Å². The summed E-state index contributed by atoms with van der Waals surface area (Å²) in [6.45, 7) is 0.244. The second-order valence-corrected chi connectivity index (χ2v) is 11.6. The van der Waals surface area contributed by atoms with E-state index in [4.69, 9.17) is 5.73 Å². The molecule has 0 aliphatic carbocycles. The summed E-state index contributed by atoms with van der Waals surface area (Å²) in [7, 11) is -4.48. The number of hydrogen-bond acceptors (Lipinski definition) is 4. The smallest absolute Gasteiger partial charge is 0.399 e. The van der Waals surface area contributed by atoms with E-state index in [0.29, 0.717) is 16.8 Å². The van der Waals surface area contributed by atoms with Crippen LogP contribution >= 0.6 is 22.6 Å². The van der Waals surface area contributed by atoms with E-state index in [1.165, 1.54) is 6.07 Å². The summed E-state index contributed by atoms with van der Waals surface area (Å²) in [5, 5.41) is 0. The van der Waals surface area contributed by atoms with Crippen molar-refractivity contribution < 1.29 is 26.4 Å². The number of carbonyl (C=O) groups excluding carboxylic acids is 1. The molecule has 1 fully saturated rings. The highest BCUT2D eigenvalue weighted by atomic mass is 127. The van der Waals surface area contributed by atoms with E-state index in [9.17, 15) is 26.4 Å². The van der Waals surface area contributed by atoms with Gasteiger partial charge < -0.3 is 10.6 Å². The number of nitrogens with zero attached hydrogens (tertiary/aromatic N) is 1. The number of sulfonamides is 1. The molecule has 1 aliphatic heterocycles. The minimum absolute atomic E-state index is 0.237. The third kappa shape index (κ3) is 5.84. The quantitative estimate of drug-likeness (QED) is 0.174. The van der Waals surface area contributed by atoms with Crippen molar-refractivity contribution in [2.24, 2.45) is 0 Å². The first-order chi connectivity index (χ1) is 17.0. The Labute approximate surface area is 220 Å². The second kappa shape index (κ2) is 10.4. The molecule has 3 aromatic rings. The summed E-state index contributed by atoms with van der Waals surface area (Å²) in [5.74, 6) is -0.237. The van der Waals surface area contributed by atoms with Crippen molar-refractivity contribution in [1.29, 1.82) is 0 Å². The molecule has 2 unspecified atom stereocenters. The van der Waals surface area contributed by atoms with Crippen molar-refractivity contribution in [2.75, 3.05) is 12.3 Å². The number of piperidine rings is 1. The standard InChI is InChI=1S/C25H23F3IN3O3S/c26-25(27,28)21-14-17(16-5-2-1-3-6-16)9-10-22(21)36(34,35)31-20-11-12-32(23(29)15-20)24(33)18-7-4-8-19(30)13-18/h1-10,13-14,20,23,31H,11-12,15,30H2. The van der Waals surface area contributed by atoms with Crippen LogP contribution in [-0.4, -0.2) is 35.9 Å². The molecule has 0 spiro atoms. The lowest BCUT2D eigenvalue weighted by atomic mass is 10.0. The number of hydrogen-bond donors (Lipinski definition) is 2. The molecule has 1 amide bonds. The number of likely N-dealkylation sites (tertiary alicyclic amines) is 1. The van der Waals surface area contributed by atoms with E-state index in [0.717, 1.165) is 12.1 Å². The maximum Gasteiger partial charge on any atom is 0.417 e. The molecular weight excluding hydrogens is 606 g/mol. The minimum Gasteiger partial charge on any atom is -0.399 e. The number of rotatable bonds is 5. The van der Waals surface area contributed by atoms with Crippen molar-refractivity contribution in [3.05, 3.63) is 83.9 Å². The number of amides is 1. The van der Waals surface area contributed by atoms with Gasteiger partial charge in [-0.25, -0.2) is 13.1 Å². The van der Waals surface area contributed by atoms with Crippen LogP contribution in [0.1, 0.15) is 28.8 Å². The highest BCUT2D eigenvalue weighted by Crippen LogP contribution is 2.37. The maximum absolute atomic E-state index is 13.9. The highest BCUT2D eigenvalue weighted by molar-refractivity contribution is 14.1. The molecule has 0 bridgehead atoms. The number of benzene rings is 3. The first-order valence-electron chi connectivity index (χ1n) is 11.1. The first kappa shape index (κ1) is 26.4. The lowest BCUT2D eigenvalue weighted by molar-refractivity contribution is -0.139. The predicted octanol–water partition coefficient (Wildman–Crippen LogP) is 5.30. The number of nitrogens with one attached hydrogen (secondary N) is 1. The maximum atomic E-state index is 13.9. The fourth-order valence-electron chi connectivity index (χ4n) is 4.17. The Morgan fingerprint density at radius 1 is 1.00 bits per heavy atom. The largest absolute Gasteiger partial charge is 0.417 e. The summed E-state index contributed by atoms with van der Waals surface area (Å²) in [5.41, 5.74) is 6.22. The average Bonchev–Trinajstić information content (AvgIpc) is 2.83. The van der Waals surface area contributed by atoms with E-state index in [1.807, 2.05) is 22.6 Å². The topological polar surface area (TPSA) is 92.5 Å². The van der Waals surface area contributed by atoms with Gasteiger partial charge in [0.25, 0.3) is 5.91 Å². The Kier molecular flexibility index (Phi) is 7.62. The van der Waals surface area contributed by atoms with Gasteiger partial charge in [0.2, 0.25) is 10.0 Å². The van der Waals surface area contributed by atoms with Crippen molar-refractivity contribution in [3.8, 4) is 11.1 Å². The minimum atomic E-state index is -4.87. The Morgan fingerprint density at radius 3 is 2.36 bits per heavy atom. The molecule has 11 heteroatoms. The SMILES string of the molecule is Nc1cccc(C(=O)N2CCC(NS(=O)(=O)c3ccc(-c4ccccc4)cc3C(F)(F)F)CC2I)c1. The molecule has 0 aromatic heterocycles. The molecule has 0 saturated carbocycles. The normalized spacial score (nSPS) is 18.7. The van der Waals surface area contributed by atoms with Crippen LogP contribution in [0.4, 0.5) is 18.9 Å². The van der Waals surface area contributed by atoms with Crippen LogP contribution in [0.5, 0.6) is 0 Å². The average molecular weight is 629 g/mol. The van der Waals surface area contributed by atoms with E-state index in [2.05, 4.69) is 4.72 Å². The predicted molar refractivity (Wildman–Crippen MR) is 140 cm³/mol. The monoisotopic (exact) mass is 629 g/mol. The van der Waals surface area contributed by atoms with Gasteiger partial charge in [0.15, 0.2) is 0 Å². The zero-order valence-electron chi connectivity index (χ0n) is 18.9. The van der Waals surface area contributed by atoms with Gasteiger partial charge in [-0.05, 0) is 54.3 Å². The molecule has 1 heterocycles. The second-order valence-electron chi connectivity index (χ2n) is 8.48. The summed E-state index contributed by atoms with van der Waals surface area (Å²) in [6, 6.07) is 17.6. The van der Waals surface area contributed by atoms with Gasteiger partial charge >= 0.3 is 6.18 Å². The molecule has 6 nitrogen and oxygen atoms in total. The van der Waals surface area contributed by atoms with E-state index >= 15 is 0 Å².